The molecule has 0 aliphatic carbocycles. The summed E-state index contributed by atoms with van der Waals surface area (Å²) in [7, 11) is 0. The van der Waals surface area contributed by atoms with Crippen LogP contribution in [0, 0.1) is 6.92 Å². The van der Waals surface area contributed by atoms with E-state index in [0.29, 0.717) is 17.1 Å². The van der Waals surface area contributed by atoms with E-state index in [-0.39, 0.29) is 18.7 Å². The van der Waals surface area contributed by atoms with Crippen molar-refractivity contribution in [2.24, 2.45) is 0 Å². The highest BCUT2D eigenvalue weighted by atomic mass is 19.4. The molecule has 4 rings (SSSR count). The van der Waals surface area contributed by atoms with E-state index in [1.807, 2.05) is 6.92 Å². The monoisotopic (exact) mass is 444 g/mol. The lowest BCUT2D eigenvalue weighted by Crippen LogP contribution is -2.53. The van der Waals surface area contributed by atoms with E-state index in [9.17, 15) is 22.8 Å². The van der Waals surface area contributed by atoms with Crippen LogP contribution in [0.4, 0.5) is 23.7 Å². The molecule has 1 atom stereocenters. The zero-order valence-electron chi connectivity index (χ0n) is 16.9. The Morgan fingerprint density at radius 1 is 1.22 bits per heavy atom. The number of piperazine rings is 1. The average Bonchev–Trinajstić information content (AvgIpc) is 3.29. The Labute approximate surface area is 181 Å². The second kappa shape index (κ2) is 8.37. The molecule has 7 nitrogen and oxygen atoms in total. The topological polar surface area (TPSA) is 87.5 Å². The first-order chi connectivity index (χ1) is 15.2. The Hall–Kier alpha value is -3.82. The molecule has 3 aromatic rings. The normalized spacial score (nSPS) is 16.6. The van der Waals surface area contributed by atoms with Gasteiger partial charge in [0, 0.05) is 24.3 Å². The molecule has 1 unspecified atom stereocenters. The highest BCUT2D eigenvalue weighted by Gasteiger charge is 2.36. The maximum Gasteiger partial charge on any atom is 0.416 e. The minimum absolute atomic E-state index is 0.196. The van der Waals surface area contributed by atoms with E-state index < -0.39 is 29.7 Å². The zero-order valence-corrected chi connectivity index (χ0v) is 16.9. The van der Waals surface area contributed by atoms with Crippen molar-refractivity contribution >= 4 is 17.6 Å². The lowest BCUT2D eigenvalue weighted by molar-refractivity contribution is -0.137. The fraction of sp³-hybridized carbons (Fsp3) is 0.227. The molecule has 32 heavy (non-hydrogen) atoms. The molecule has 0 bridgehead atoms. The van der Waals surface area contributed by atoms with Gasteiger partial charge in [-0.1, -0.05) is 18.2 Å². The molecule has 10 heteroatoms. The van der Waals surface area contributed by atoms with Gasteiger partial charge in [0.2, 0.25) is 11.8 Å². The Balaban J connectivity index is 1.59. The molecule has 2 aromatic carbocycles. The number of nitrogens with one attached hydrogen (secondary N) is 2. The summed E-state index contributed by atoms with van der Waals surface area (Å²) in [6, 6.07) is 7.94. The van der Waals surface area contributed by atoms with Crippen molar-refractivity contribution in [2.45, 2.75) is 19.1 Å². The summed E-state index contributed by atoms with van der Waals surface area (Å²) >= 11 is 0. The van der Waals surface area contributed by atoms with Crippen LogP contribution in [0.3, 0.4) is 0 Å². The third kappa shape index (κ3) is 4.29. The number of hydrogen-bond donors (Lipinski definition) is 2. The Kier molecular flexibility index (Phi) is 5.60. The zero-order chi connectivity index (χ0) is 22.9. The van der Waals surface area contributed by atoms with Crippen molar-refractivity contribution < 1.29 is 27.2 Å². The van der Waals surface area contributed by atoms with Gasteiger partial charge in [-0.25, -0.2) is 9.78 Å². The summed E-state index contributed by atoms with van der Waals surface area (Å²) < 4.78 is 44.0. The Morgan fingerprint density at radius 2 is 1.97 bits per heavy atom. The summed E-state index contributed by atoms with van der Waals surface area (Å²) in [5.41, 5.74) is 1.40. The number of benzene rings is 2. The molecule has 3 amide bonds. The van der Waals surface area contributed by atoms with E-state index in [4.69, 9.17) is 4.42 Å². The third-order valence-corrected chi connectivity index (χ3v) is 5.19. The first-order valence-electron chi connectivity index (χ1n) is 9.77. The third-order valence-electron chi connectivity index (χ3n) is 5.19. The molecule has 1 fully saturated rings. The lowest BCUT2D eigenvalue weighted by atomic mass is 10.0. The number of alkyl halides is 3. The fourth-order valence-electron chi connectivity index (χ4n) is 3.51. The number of aryl methyl sites for hydroxylation is 1. The van der Waals surface area contributed by atoms with Crippen LogP contribution >= 0.6 is 0 Å². The number of hydrogen-bond acceptors (Lipinski definition) is 4. The number of urea groups is 1. The van der Waals surface area contributed by atoms with Crippen molar-refractivity contribution in [1.82, 2.24) is 15.2 Å². The van der Waals surface area contributed by atoms with E-state index in [1.165, 1.54) is 29.5 Å². The van der Waals surface area contributed by atoms with E-state index >= 15 is 0 Å². The number of anilines is 1. The van der Waals surface area contributed by atoms with Crippen LogP contribution in [0.15, 0.2) is 59.3 Å². The quantitative estimate of drug-likeness (QED) is 0.628. The summed E-state index contributed by atoms with van der Waals surface area (Å²) in [4.78, 5) is 31.0. The number of nitrogens with zero attached hydrogens (tertiary/aromatic N) is 2. The number of carbonyl (C=O) groups excluding carboxylic acids is 2. The molecule has 1 aliphatic rings. The van der Waals surface area contributed by atoms with Gasteiger partial charge in [-0.05, 0) is 42.3 Å². The van der Waals surface area contributed by atoms with Crippen LogP contribution in [-0.2, 0) is 11.0 Å². The van der Waals surface area contributed by atoms with Gasteiger partial charge in [-0.2, -0.15) is 13.2 Å². The summed E-state index contributed by atoms with van der Waals surface area (Å²) in [6.45, 7) is 2.24. The number of oxazole rings is 1. The lowest BCUT2D eigenvalue weighted by Gasteiger charge is -2.35. The Bertz CT molecular complexity index is 1130. The van der Waals surface area contributed by atoms with Crippen molar-refractivity contribution in [2.75, 3.05) is 18.4 Å². The molecule has 0 spiro atoms. The molecule has 166 valence electrons. The summed E-state index contributed by atoms with van der Waals surface area (Å²) in [5, 5.41) is 5.46. The molecular weight excluding hydrogens is 425 g/mol. The average molecular weight is 444 g/mol. The number of aromatic nitrogens is 1. The van der Waals surface area contributed by atoms with Crippen LogP contribution in [0.25, 0.3) is 11.5 Å². The smallest absolute Gasteiger partial charge is 0.416 e. The van der Waals surface area contributed by atoms with Crippen LogP contribution < -0.4 is 10.6 Å². The summed E-state index contributed by atoms with van der Waals surface area (Å²) in [5.74, 6) is -0.0723. The predicted molar refractivity (Wildman–Crippen MR) is 110 cm³/mol. The van der Waals surface area contributed by atoms with Gasteiger partial charge >= 0.3 is 12.2 Å². The van der Waals surface area contributed by atoms with Crippen LogP contribution in [0.5, 0.6) is 0 Å². The summed E-state index contributed by atoms with van der Waals surface area (Å²) in [6.07, 6.45) is -1.54. The van der Waals surface area contributed by atoms with Gasteiger partial charge < -0.3 is 20.0 Å². The second-order valence-corrected chi connectivity index (χ2v) is 7.30. The molecule has 0 saturated carbocycles. The van der Waals surface area contributed by atoms with Gasteiger partial charge in [-0.15, -0.1) is 0 Å². The minimum Gasteiger partial charge on any atom is -0.445 e. The van der Waals surface area contributed by atoms with Crippen LogP contribution in [0.2, 0.25) is 0 Å². The van der Waals surface area contributed by atoms with Crippen LogP contribution in [0.1, 0.15) is 22.7 Å². The van der Waals surface area contributed by atoms with Crippen molar-refractivity contribution in [3.63, 3.8) is 0 Å². The van der Waals surface area contributed by atoms with Gasteiger partial charge in [0.05, 0.1) is 11.8 Å². The Morgan fingerprint density at radius 3 is 2.62 bits per heavy atom. The first kappa shape index (κ1) is 21.4. The molecule has 2 heterocycles. The molecule has 1 saturated heterocycles. The fourth-order valence-corrected chi connectivity index (χ4v) is 3.51. The number of carbonyl (C=O) groups is 2. The molecule has 2 N–H and O–H groups in total. The largest absolute Gasteiger partial charge is 0.445 e. The van der Waals surface area contributed by atoms with Gasteiger partial charge in [0.15, 0.2) is 0 Å². The van der Waals surface area contributed by atoms with Gasteiger partial charge in [0.1, 0.15) is 12.3 Å². The first-order valence-corrected chi connectivity index (χ1v) is 9.77. The maximum atomic E-state index is 13.1. The second-order valence-electron chi connectivity index (χ2n) is 7.30. The SMILES string of the molecule is Cc1ccc(-c2ncco2)cc1NC(=O)N1CCNC(=O)C1c1ccc(C(F)(F)F)cc1. The predicted octanol–water partition coefficient (Wildman–Crippen LogP) is 4.37. The van der Waals surface area contributed by atoms with Crippen molar-refractivity contribution in [3.8, 4) is 11.5 Å². The molecule has 0 radical (unpaired) electrons. The number of halogens is 3. The minimum atomic E-state index is -4.49. The van der Waals surface area contributed by atoms with Crippen molar-refractivity contribution in [1.29, 1.82) is 0 Å². The van der Waals surface area contributed by atoms with Crippen molar-refractivity contribution in [3.05, 3.63) is 71.6 Å². The highest BCUT2D eigenvalue weighted by Crippen LogP contribution is 2.32. The maximum absolute atomic E-state index is 13.1. The van der Waals surface area contributed by atoms with Crippen LogP contribution in [-0.4, -0.2) is 34.9 Å². The number of rotatable bonds is 3. The van der Waals surface area contributed by atoms with Gasteiger partial charge in [0.25, 0.3) is 0 Å². The highest BCUT2D eigenvalue weighted by molar-refractivity contribution is 5.96. The van der Waals surface area contributed by atoms with E-state index in [1.54, 1.807) is 18.2 Å². The standard InChI is InChI=1S/C22H19F3N4O3/c1-13-2-3-15(20-27-9-11-32-20)12-17(13)28-21(31)29-10-8-26-19(30)18(29)14-4-6-16(7-5-14)22(23,24)25/h2-7,9,11-12,18H,8,10H2,1H3,(H,26,30)(H,28,31). The van der Waals surface area contributed by atoms with E-state index in [0.717, 1.165) is 17.7 Å². The molecule has 1 aliphatic heterocycles. The number of amides is 3. The van der Waals surface area contributed by atoms with Gasteiger partial charge in [-0.3, -0.25) is 4.79 Å². The molecule has 1 aromatic heterocycles. The van der Waals surface area contributed by atoms with E-state index in [2.05, 4.69) is 15.6 Å². The molecular formula is C22H19F3N4O3.